The lowest BCUT2D eigenvalue weighted by Crippen LogP contribution is -2.50. The van der Waals surface area contributed by atoms with Crippen molar-refractivity contribution in [2.45, 2.75) is 51.1 Å². The highest BCUT2D eigenvalue weighted by Gasteiger charge is 2.24. The standard InChI is InChI=1S/C22H37N5.HI/c1-3-13-26-16-11-20(12-17-26)25-22(23-2)24-18-21(27-14-7-8-15-27)19-9-5-4-6-10-19;/h4-6,9-10,20-21H,3,7-8,11-18H2,1-2H3,(H2,23,24,25);1H. The Balaban J connectivity index is 0.00000280. The van der Waals surface area contributed by atoms with Crippen molar-refractivity contribution in [2.24, 2.45) is 4.99 Å². The highest BCUT2D eigenvalue weighted by Crippen LogP contribution is 2.24. The lowest BCUT2D eigenvalue weighted by molar-refractivity contribution is 0.206. The van der Waals surface area contributed by atoms with Crippen molar-refractivity contribution < 1.29 is 0 Å². The molecule has 0 aromatic heterocycles. The molecule has 2 fully saturated rings. The lowest BCUT2D eigenvalue weighted by atomic mass is 10.0. The van der Waals surface area contributed by atoms with Crippen molar-refractivity contribution >= 4 is 29.9 Å². The first-order chi connectivity index (χ1) is 13.3. The van der Waals surface area contributed by atoms with Gasteiger partial charge in [-0.1, -0.05) is 37.3 Å². The molecule has 6 heteroatoms. The van der Waals surface area contributed by atoms with Crippen LogP contribution in [0.3, 0.4) is 0 Å². The molecule has 0 amide bonds. The summed E-state index contributed by atoms with van der Waals surface area (Å²) >= 11 is 0. The molecule has 1 unspecified atom stereocenters. The van der Waals surface area contributed by atoms with Gasteiger partial charge in [-0.2, -0.15) is 0 Å². The van der Waals surface area contributed by atoms with Gasteiger partial charge in [0.2, 0.25) is 0 Å². The van der Waals surface area contributed by atoms with Gasteiger partial charge in [0.1, 0.15) is 0 Å². The average molecular weight is 499 g/mol. The highest BCUT2D eigenvalue weighted by atomic mass is 127. The molecule has 0 aliphatic carbocycles. The predicted octanol–water partition coefficient (Wildman–Crippen LogP) is 3.48. The Bertz CT molecular complexity index is 566. The monoisotopic (exact) mass is 499 g/mol. The number of hydrogen-bond acceptors (Lipinski definition) is 3. The first-order valence-electron chi connectivity index (χ1n) is 10.8. The Hall–Kier alpha value is -0.860. The van der Waals surface area contributed by atoms with Crippen molar-refractivity contribution in [3.8, 4) is 0 Å². The summed E-state index contributed by atoms with van der Waals surface area (Å²) in [5.41, 5.74) is 1.40. The van der Waals surface area contributed by atoms with Gasteiger partial charge in [0.05, 0.1) is 6.04 Å². The van der Waals surface area contributed by atoms with E-state index in [1.807, 2.05) is 7.05 Å². The van der Waals surface area contributed by atoms with Crippen molar-refractivity contribution in [1.29, 1.82) is 0 Å². The summed E-state index contributed by atoms with van der Waals surface area (Å²) in [7, 11) is 1.88. The van der Waals surface area contributed by atoms with Crippen LogP contribution in [0, 0.1) is 0 Å². The van der Waals surface area contributed by atoms with E-state index in [0.29, 0.717) is 12.1 Å². The molecule has 2 aliphatic rings. The smallest absolute Gasteiger partial charge is 0.191 e. The molecule has 0 radical (unpaired) electrons. The van der Waals surface area contributed by atoms with Gasteiger partial charge in [-0.3, -0.25) is 9.89 Å². The van der Waals surface area contributed by atoms with Crippen LogP contribution < -0.4 is 10.6 Å². The molecule has 2 N–H and O–H groups in total. The second kappa shape index (κ2) is 12.6. The largest absolute Gasteiger partial charge is 0.354 e. The number of rotatable bonds is 7. The van der Waals surface area contributed by atoms with E-state index in [1.54, 1.807) is 0 Å². The molecule has 1 atom stereocenters. The van der Waals surface area contributed by atoms with Crippen LogP contribution in [0.2, 0.25) is 0 Å². The number of nitrogens with zero attached hydrogens (tertiary/aromatic N) is 3. The summed E-state index contributed by atoms with van der Waals surface area (Å²) in [5.74, 6) is 0.948. The Morgan fingerprint density at radius 3 is 2.39 bits per heavy atom. The van der Waals surface area contributed by atoms with E-state index in [0.717, 1.165) is 12.5 Å². The maximum Gasteiger partial charge on any atom is 0.191 e. The van der Waals surface area contributed by atoms with Gasteiger partial charge in [-0.25, -0.2) is 0 Å². The third kappa shape index (κ3) is 6.88. The van der Waals surface area contributed by atoms with Crippen LogP contribution in [0.25, 0.3) is 0 Å². The number of guanidine groups is 1. The third-order valence-electron chi connectivity index (χ3n) is 5.92. The summed E-state index contributed by atoms with van der Waals surface area (Å²) in [6.07, 6.45) is 6.28. The van der Waals surface area contributed by atoms with Gasteiger partial charge >= 0.3 is 0 Å². The quantitative estimate of drug-likeness (QED) is 0.343. The van der Waals surface area contributed by atoms with E-state index in [2.05, 4.69) is 62.7 Å². The van der Waals surface area contributed by atoms with Crippen LogP contribution in [0.5, 0.6) is 0 Å². The number of likely N-dealkylation sites (tertiary alicyclic amines) is 2. The van der Waals surface area contributed by atoms with E-state index in [-0.39, 0.29) is 24.0 Å². The maximum absolute atomic E-state index is 4.49. The zero-order valence-electron chi connectivity index (χ0n) is 17.6. The summed E-state index contributed by atoms with van der Waals surface area (Å²) in [6.45, 7) is 9.18. The zero-order valence-corrected chi connectivity index (χ0v) is 19.9. The van der Waals surface area contributed by atoms with Crippen molar-refractivity contribution in [3.05, 3.63) is 35.9 Å². The van der Waals surface area contributed by atoms with Gasteiger partial charge in [0.15, 0.2) is 5.96 Å². The van der Waals surface area contributed by atoms with E-state index in [9.17, 15) is 0 Å². The Morgan fingerprint density at radius 1 is 1.11 bits per heavy atom. The predicted molar refractivity (Wildman–Crippen MR) is 130 cm³/mol. The van der Waals surface area contributed by atoms with Crippen LogP contribution in [0.1, 0.15) is 50.6 Å². The molecule has 158 valence electrons. The fourth-order valence-corrected chi connectivity index (χ4v) is 4.38. The Kier molecular flexibility index (Phi) is 10.6. The summed E-state index contributed by atoms with van der Waals surface area (Å²) < 4.78 is 0. The van der Waals surface area contributed by atoms with E-state index in [4.69, 9.17) is 0 Å². The number of aliphatic imine (C=N–C) groups is 1. The Labute approximate surface area is 188 Å². The summed E-state index contributed by atoms with van der Waals surface area (Å²) in [5, 5.41) is 7.27. The van der Waals surface area contributed by atoms with Crippen molar-refractivity contribution in [2.75, 3.05) is 46.3 Å². The summed E-state index contributed by atoms with van der Waals surface area (Å²) in [4.78, 5) is 9.68. The van der Waals surface area contributed by atoms with E-state index >= 15 is 0 Å². The van der Waals surface area contributed by atoms with Gasteiger partial charge < -0.3 is 15.5 Å². The van der Waals surface area contributed by atoms with Crippen LogP contribution in [-0.4, -0.2) is 68.1 Å². The van der Waals surface area contributed by atoms with Crippen molar-refractivity contribution in [3.63, 3.8) is 0 Å². The second-order valence-corrected chi connectivity index (χ2v) is 7.88. The fourth-order valence-electron chi connectivity index (χ4n) is 4.38. The van der Waals surface area contributed by atoms with Gasteiger partial charge in [0.25, 0.3) is 0 Å². The number of nitrogens with one attached hydrogen (secondary N) is 2. The minimum absolute atomic E-state index is 0. The van der Waals surface area contributed by atoms with Crippen LogP contribution in [-0.2, 0) is 0 Å². The second-order valence-electron chi connectivity index (χ2n) is 7.88. The first-order valence-corrected chi connectivity index (χ1v) is 10.8. The first kappa shape index (κ1) is 23.4. The number of hydrogen-bond donors (Lipinski definition) is 2. The highest BCUT2D eigenvalue weighted by molar-refractivity contribution is 14.0. The van der Waals surface area contributed by atoms with E-state index in [1.165, 1.54) is 70.4 Å². The Morgan fingerprint density at radius 2 is 1.79 bits per heavy atom. The van der Waals surface area contributed by atoms with Crippen molar-refractivity contribution in [1.82, 2.24) is 20.4 Å². The zero-order chi connectivity index (χ0) is 18.9. The SMILES string of the molecule is CCCN1CCC(NC(=NC)NCC(c2ccccc2)N2CCCC2)CC1.I. The molecule has 1 aromatic carbocycles. The minimum Gasteiger partial charge on any atom is -0.354 e. The molecule has 1 aromatic rings. The molecular formula is C22H38IN5. The fraction of sp³-hybridized carbons (Fsp3) is 0.682. The van der Waals surface area contributed by atoms with Crippen LogP contribution in [0.15, 0.2) is 35.3 Å². The molecule has 2 aliphatic heterocycles. The topological polar surface area (TPSA) is 42.9 Å². The van der Waals surface area contributed by atoms with Crippen LogP contribution >= 0.6 is 24.0 Å². The molecule has 0 bridgehead atoms. The number of halogens is 1. The number of piperidine rings is 1. The molecule has 3 rings (SSSR count). The van der Waals surface area contributed by atoms with Gasteiger partial charge in [-0.05, 0) is 57.3 Å². The maximum atomic E-state index is 4.49. The van der Waals surface area contributed by atoms with E-state index < -0.39 is 0 Å². The van der Waals surface area contributed by atoms with Crippen LogP contribution in [0.4, 0.5) is 0 Å². The summed E-state index contributed by atoms with van der Waals surface area (Å²) in [6, 6.07) is 11.9. The van der Waals surface area contributed by atoms with Gasteiger partial charge in [-0.15, -0.1) is 24.0 Å². The normalized spacial score (nSPS) is 20.6. The molecule has 0 spiro atoms. The molecule has 2 saturated heterocycles. The number of benzene rings is 1. The lowest BCUT2D eigenvalue weighted by Gasteiger charge is -2.33. The molecular weight excluding hydrogens is 461 g/mol. The molecule has 2 heterocycles. The average Bonchev–Trinajstić information content (AvgIpc) is 3.24. The molecule has 28 heavy (non-hydrogen) atoms. The molecule has 5 nitrogen and oxygen atoms in total. The molecule has 0 saturated carbocycles. The van der Waals surface area contributed by atoms with Gasteiger partial charge in [0, 0.05) is 32.7 Å². The third-order valence-corrected chi connectivity index (χ3v) is 5.92. The minimum atomic E-state index is 0.